The number of methoxy groups -OCH3 is 1. The first-order valence-electron chi connectivity index (χ1n) is 8.75. The van der Waals surface area contributed by atoms with Crippen LogP contribution in [0.1, 0.15) is 30.0 Å². The van der Waals surface area contributed by atoms with Crippen LogP contribution in [0, 0.1) is 0 Å². The van der Waals surface area contributed by atoms with Crippen molar-refractivity contribution in [3.05, 3.63) is 87.4 Å². The molecule has 2 atom stereocenters. The monoisotopic (exact) mass is 426 g/mol. The molecule has 1 heterocycles. The van der Waals surface area contributed by atoms with Gasteiger partial charge in [-0.3, -0.25) is 0 Å². The minimum atomic E-state index is -1.42. The normalized spacial score (nSPS) is 26.7. The van der Waals surface area contributed by atoms with E-state index in [9.17, 15) is 4.39 Å². The summed E-state index contributed by atoms with van der Waals surface area (Å²) in [6.07, 6.45) is 4.02. The van der Waals surface area contributed by atoms with Crippen LogP contribution >= 0.6 is 15.9 Å². The van der Waals surface area contributed by atoms with Gasteiger partial charge >= 0.3 is 0 Å². The molecule has 3 nitrogen and oxygen atoms in total. The molecule has 2 aliphatic rings. The molecule has 138 valence electrons. The molecule has 2 aromatic rings. The summed E-state index contributed by atoms with van der Waals surface area (Å²) in [5, 5.41) is 0. The number of amidine groups is 1. The zero-order chi connectivity index (χ0) is 19.2. The fourth-order valence-electron chi connectivity index (χ4n) is 3.78. The second-order valence-electron chi connectivity index (χ2n) is 7.04. The highest BCUT2D eigenvalue weighted by atomic mass is 79.9. The fourth-order valence-corrected chi connectivity index (χ4v) is 4.18. The van der Waals surface area contributed by atoms with Gasteiger partial charge in [0.25, 0.3) is 0 Å². The average molecular weight is 427 g/mol. The number of hydrogen-bond donors (Lipinski definition) is 1. The van der Waals surface area contributed by atoms with Gasteiger partial charge < -0.3 is 10.5 Å². The van der Waals surface area contributed by atoms with Crippen molar-refractivity contribution in [3.8, 4) is 5.75 Å². The van der Waals surface area contributed by atoms with E-state index in [0.717, 1.165) is 28.0 Å². The van der Waals surface area contributed by atoms with Gasteiger partial charge in [0.2, 0.25) is 0 Å². The third-order valence-electron chi connectivity index (χ3n) is 5.27. The van der Waals surface area contributed by atoms with Crippen molar-refractivity contribution in [1.29, 1.82) is 0 Å². The van der Waals surface area contributed by atoms with Crippen LogP contribution < -0.4 is 10.5 Å². The van der Waals surface area contributed by atoms with Gasteiger partial charge in [-0.25, -0.2) is 9.38 Å². The molecule has 5 heteroatoms. The standard InChI is InChI=1S/C22H20BrFN2O/c1-21(24)11-10-15(13-19(21)23)22(14-6-5-7-16(12-14)27-2)18-9-4-3-8-17(18)20(25)26-22/h3-10,12-13H,11H2,1-2H3,(H2,25,26). The minimum absolute atomic E-state index is 0.267. The Hall–Kier alpha value is -2.40. The van der Waals surface area contributed by atoms with E-state index in [0.29, 0.717) is 10.3 Å². The number of ether oxygens (including phenoxy) is 1. The van der Waals surface area contributed by atoms with Gasteiger partial charge in [-0.1, -0.05) is 58.4 Å². The maximum absolute atomic E-state index is 14.7. The maximum atomic E-state index is 14.7. The van der Waals surface area contributed by atoms with E-state index in [1.165, 1.54) is 0 Å². The number of nitrogens with two attached hydrogens (primary N) is 1. The molecule has 0 aromatic heterocycles. The Morgan fingerprint density at radius 1 is 1.19 bits per heavy atom. The minimum Gasteiger partial charge on any atom is -0.497 e. The van der Waals surface area contributed by atoms with Crippen LogP contribution in [0.4, 0.5) is 4.39 Å². The van der Waals surface area contributed by atoms with Crippen molar-refractivity contribution in [2.45, 2.75) is 24.6 Å². The number of aliphatic imine (C=N–C) groups is 1. The molecule has 0 radical (unpaired) electrons. The smallest absolute Gasteiger partial charge is 0.143 e. The second kappa shape index (κ2) is 6.34. The second-order valence-corrected chi connectivity index (χ2v) is 7.89. The Labute approximate surface area is 166 Å². The molecule has 1 aliphatic carbocycles. The lowest BCUT2D eigenvalue weighted by Gasteiger charge is -2.34. The van der Waals surface area contributed by atoms with Crippen LogP contribution in [0.3, 0.4) is 0 Å². The summed E-state index contributed by atoms with van der Waals surface area (Å²) in [5.74, 6) is 1.22. The number of hydrogen-bond acceptors (Lipinski definition) is 3. The van der Waals surface area contributed by atoms with E-state index < -0.39 is 11.2 Å². The van der Waals surface area contributed by atoms with Crippen LogP contribution in [0.5, 0.6) is 5.75 Å². The maximum Gasteiger partial charge on any atom is 0.143 e. The average Bonchev–Trinajstić information content (AvgIpc) is 2.98. The fraction of sp³-hybridized carbons (Fsp3) is 0.227. The first-order valence-corrected chi connectivity index (χ1v) is 9.55. The molecule has 0 saturated heterocycles. The zero-order valence-electron chi connectivity index (χ0n) is 15.2. The lowest BCUT2D eigenvalue weighted by atomic mass is 9.74. The predicted octanol–water partition coefficient (Wildman–Crippen LogP) is 4.99. The first kappa shape index (κ1) is 18.0. The molecule has 1 aliphatic heterocycles. The predicted molar refractivity (Wildman–Crippen MR) is 110 cm³/mol. The van der Waals surface area contributed by atoms with Crippen molar-refractivity contribution >= 4 is 21.8 Å². The summed E-state index contributed by atoms with van der Waals surface area (Å²) in [6.45, 7) is 1.57. The van der Waals surface area contributed by atoms with Gasteiger partial charge in [0, 0.05) is 16.5 Å². The van der Waals surface area contributed by atoms with Crippen molar-refractivity contribution < 1.29 is 9.13 Å². The zero-order valence-corrected chi connectivity index (χ0v) is 16.8. The first-order chi connectivity index (χ1) is 12.9. The topological polar surface area (TPSA) is 47.6 Å². The van der Waals surface area contributed by atoms with E-state index >= 15 is 0 Å². The summed E-state index contributed by atoms with van der Waals surface area (Å²) in [4.78, 5) is 4.92. The Morgan fingerprint density at radius 2 is 1.96 bits per heavy atom. The van der Waals surface area contributed by atoms with Gasteiger partial charge in [0.1, 0.15) is 22.8 Å². The Morgan fingerprint density at radius 3 is 2.70 bits per heavy atom. The molecule has 0 spiro atoms. The molecular formula is C22H20BrFN2O. The van der Waals surface area contributed by atoms with E-state index in [1.54, 1.807) is 14.0 Å². The van der Waals surface area contributed by atoms with Crippen LogP contribution in [0.15, 0.2) is 75.7 Å². The van der Waals surface area contributed by atoms with Gasteiger partial charge in [0.05, 0.1) is 7.11 Å². The van der Waals surface area contributed by atoms with Gasteiger partial charge in [0.15, 0.2) is 0 Å². The van der Waals surface area contributed by atoms with Gasteiger partial charge in [-0.15, -0.1) is 0 Å². The highest BCUT2D eigenvalue weighted by Crippen LogP contribution is 2.50. The van der Waals surface area contributed by atoms with Crippen molar-refractivity contribution in [3.63, 3.8) is 0 Å². The third kappa shape index (κ3) is 2.72. The van der Waals surface area contributed by atoms with E-state index in [1.807, 2.05) is 60.7 Å². The van der Waals surface area contributed by atoms with E-state index in [2.05, 4.69) is 15.9 Å². The number of nitrogens with zero attached hydrogens (tertiary/aromatic N) is 1. The SMILES string of the molecule is COc1cccc(C2(C3=CCC(C)(F)C(Br)=C3)N=C(N)c3ccccc32)c1. The highest BCUT2D eigenvalue weighted by Gasteiger charge is 2.45. The Kier molecular flexibility index (Phi) is 4.22. The number of allylic oxidation sites excluding steroid dienone is 2. The summed E-state index contributed by atoms with van der Waals surface area (Å²) in [6, 6.07) is 15.7. The Bertz CT molecular complexity index is 1010. The molecule has 0 bridgehead atoms. The van der Waals surface area contributed by atoms with E-state index in [-0.39, 0.29) is 6.42 Å². The van der Waals surface area contributed by atoms with Crippen LogP contribution in [-0.2, 0) is 5.54 Å². The van der Waals surface area contributed by atoms with Crippen LogP contribution in [-0.4, -0.2) is 18.6 Å². The van der Waals surface area contributed by atoms with E-state index in [4.69, 9.17) is 15.5 Å². The van der Waals surface area contributed by atoms with Crippen molar-refractivity contribution in [2.24, 2.45) is 10.7 Å². The molecule has 0 saturated carbocycles. The lowest BCUT2D eigenvalue weighted by molar-refractivity contribution is 0.253. The third-order valence-corrected chi connectivity index (χ3v) is 6.33. The molecule has 2 aromatic carbocycles. The number of fused-ring (bicyclic) bond motifs is 1. The van der Waals surface area contributed by atoms with Crippen LogP contribution in [0.2, 0.25) is 0 Å². The highest BCUT2D eigenvalue weighted by molar-refractivity contribution is 9.11. The quantitative estimate of drug-likeness (QED) is 0.750. The molecule has 0 fully saturated rings. The summed E-state index contributed by atoms with van der Waals surface area (Å²) in [5.41, 5.74) is 7.77. The lowest BCUT2D eigenvalue weighted by Crippen LogP contribution is -2.30. The van der Waals surface area contributed by atoms with Gasteiger partial charge in [-0.2, -0.15) is 0 Å². The molecule has 2 N–H and O–H groups in total. The van der Waals surface area contributed by atoms with Gasteiger partial charge in [-0.05, 0) is 41.8 Å². The number of rotatable bonds is 3. The van der Waals surface area contributed by atoms with Crippen LogP contribution in [0.25, 0.3) is 0 Å². The largest absolute Gasteiger partial charge is 0.497 e. The van der Waals surface area contributed by atoms with Crippen molar-refractivity contribution in [2.75, 3.05) is 7.11 Å². The Balaban J connectivity index is 2.01. The number of halogens is 2. The molecule has 4 rings (SSSR count). The van der Waals surface area contributed by atoms with Crippen molar-refractivity contribution in [1.82, 2.24) is 0 Å². The number of alkyl halides is 1. The summed E-state index contributed by atoms with van der Waals surface area (Å²) < 4.78 is 20.6. The summed E-state index contributed by atoms with van der Waals surface area (Å²) >= 11 is 3.42. The molecule has 2 unspecified atom stereocenters. The molecule has 0 amide bonds. The summed E-state index contributed by atoms with van der Waals surface area (Å²) in [7, 11) is 1.64. The molecule has 27 heavy (non-hydrogen) atoms. The molecular weight excluding hydrogens is 407 g/mol. The number of benzene rings is 2.